The van der Waals surface area contributed by atoms with Crippen LogP contribution in [-0.2, 0) is 4.79 Å². The summed E-state index contributed by atoms with van der Waals surface area (Å²) in [6.45, 7) is 0. The molecule has 2 atom stereocenters. The van der Waals surface area contributed by atoms with Gasteiger partial charge in [0.2, 0.25) is 0 Å². The predicted molar refractivity (Wildman–Crippen MR) is 92.9 cm³/mol. The molecule has 2 rings (SSSR count). The zero-order valence-electron chi connectivity index (χ0n) is 14.0. The first kappa shape index (κ1) is 17.6. The second kappa shape index (κ2) is 9.39. The Morgan fingerprint density at radius 3 is 2.83 bits per heavy atom. The number of carboxylic acids is 1. The lowest BCUT2D eigenvalue weighted by atomic mass is 9.73. The molecule has 23 heavy (non-hydrogen) atoms. The van der Waals surface area contributed by atoms with Crippen molar-refractivity contribution in [3.63, 3.8) is 0 Å². The number of hydrogen-bond acceptors (Lipinski definition) is 2. The highest BCUT2D eigenvalue weighted by Gasteiger charge is 2.27. The van der Waals surface area contributed by atoms with Crippen LogP contribution in [0.3, 0.4) is 0 Å². The monoisotopic (exact) mass is 316 g/mol. The Morgan fingerprint density at radius 2 is 2.04 bits per heavy atom. The summed E-state index contributed by atoms with van der Waals surface area (Å²) in [6, 6.07) is 8.40. The molecule has 1 aromatic rings. The van der Waals surface area contributed by atoms with Gasteiger partial charge in [-0.2, -0.15) is 0 Å². The van der Waals surface area contributed by atoms with Gasteiger partial charge in [0.25, 0.3) is 0 Å². The maximum atomic E-state index is 10.5. The molecule has 1 aliphatic rings. The maximum absolute atomic E-state index is 10.5. The number of carbonyl (C=O) groups is 1. The first-order chi connectivity index (χ1) is 11.2. The fourth-order valence-electron chi connectivity index (χ4n) is 3.63. The van der Waals surface area contributed by atoms with Crippen molar-refractivity contribution in [3.05, 3.63) is 42.0 Å². The molecule has 1 aromatic carbocycles. The van der Waals surface area contributed by atoms with Gasteiger partial charge in [0, 0.05) is 6.42 Å². The fraction of sp³-hybridized carbons (Fsp3) is 0.550. The third-order valence-corrected chi connectivity index (χ3v) is 4.81. The molecule has 0 saturated heterocycles. The topological polar surface area (TPSA) is 46.5 Å². The Hall–Kier alpha value is -1.77. The minimum Gasteiger partial charge on any atom is -0.496 e. The summed E-state index contributed by atoms with van der Waals surface area (Å²) >= 11 is 0. The second-order valence-electron chi connectivity index (χ2n) is 6.39. The summed E-state index contributed by atoms with van der Waals surface area (Å²) < 4.78 is 5.55. The first-order valence-corrected chi connectivity index (χ1v) is 8.72. The van der Waals surface area contributed by atoms with Gasteiger partial charge < -0.3 is 9.84 Å². The summed E-state index contributed by atoms with van der Waals surface area (Å²) in [5, 5.41) is 8.65. The number of aliphatic carboxylic acids is 1. The van der Waals surface area contributed by atoms with E-state index in [0.717, 1.165) is 25.0 Å². The van der Waals surface area contributed by atoms with Crippen LogP contribution < -0.4 is 4.74 Å². The quantitative estimate of drug-likeness (QED) is 0.531. The smallest absolute Gasteiger partial charge is 0.303 e. The highest BCUT2D eigenvalue weighted by atomic mass is 16.5. The highest BCUT2D eigenvalue weighted by molar-refractivity contribution is 5.66. The van der Waals surface area contributed by atoms with Crippen molar-refractivity contribution in [1.82, 2.24) is 0 Å². The lowest BCUT2D eigenvalue weighted by Crippen LogP contribution is -2.18. The Labute approximate surface area is 139 Å². The zero-order valence-corrected chi connectivity index (χ0v) is 14.0. The number of unbranched alkanes of at least 4 members (excludes halogenated alkanes) is 1. The Bertz CT molecular complexity index is 521. The maximum Gasteiger partial charge on any atom is 0.303 e. The minimum absolute atomic E-state index is 0.262. The van der Waals surface area contributed by atoms with Crippen molar-refractivity contribution in [1.29, 1.82) is 0 Å². The molecule has 0 aromatic heterocycles. The van der Waals surface area contributed by atoms with Crippen molar-refractivity contribution in [2.45, 2.75) is 57.3 Å². The number of ether oxygens (including phenoxy) is 1. The van der Waals surface area contributed by atoms with E-state index >= 15 is 0 Å². The number of methoxy groups -OCH3 is 1. The van der Waals surface area contributed by atoms with Gasteiger partial charge in [-0.1, -0.05) is 43.2 Å². The van der Waals surface area contributed by atoms with Crippen LogP contribution >= 0.6 is 0 Å². The predicted octanol–water partition coefficient (Wildman–Crippen LogP) is 5.17. The summed E-state index contributed by atoms with van der Waals surface area (Å²) in [4.78, 5) is 10.5. The van der Waals surface area contributed by atoms with E-state index in [2.05, 4.69) is 30.4 Å². The van der Waals surface area contributed by atoms with Gasteiger partial charge in [0.1, 0.15) is 5.75 Å². The largest absolute Gasteiger partial charge is 0.496 e. The molecule has 1 saturated carbocycles. The van der Waals surface area contributed by atoms with Crippen LogP contribution in [0.1, 0.15) is 62.8 Å². The van der Waals surface area contributed by atoms with Gasteiger partial charge in [0.05, 0.1) is 7.11 Å². The molecular formula is C20H28O3. The van der Waals surface area contributed by atoms with Crippen LogP contribution in [-0.4, -0.2) is 18.2 Å². The van der Waals surface area contributed by atoms with E-state index in [1.54, 1.807) is 7.11 Å². The van der Waals surface area contributed by atoms with Crippen molar-refractivity contribution in [2.24, 2.45) is 5.92 Å². The molecule has 0 amide bonds. The molecular weight excluding hydrogens is 288 g/mol. The lowest BCUT2D eigenvalue weighted by Gasteiger charge is -2.32. The van der Waals surface area contributed by atoms with E-state index in [-0.39, 0.29) is 6.42 Å². The SMILES string of the molecule is COc1ccccc1[C@H]1CCCC[C@H]1CC=CCCCC(=O)O. The standard InChI is InChI=1S/C20H28O3/c1-23-19-14-9-8-13-18(19)17-12-7-6-11-16(17)10-4-2-3-5-15-20(21)22/h2,4,8-9,13-14,16-17H,3,5-7,10-12,15H2,1H3,(H,21,22)/t16-,17+/m1/s1. The first-order valence-electron chi connectivity index (χ1n) is 8.72. The van der Waals surface area contributed by atoms with Crippen molar-refractivity contribution >= 4 is 5.97 Å². The molecule has 1 N–H and O–H groups in total. The molecule has 0 aliphatic heterocycles. The van der Waals surface area contributed by atoms with E-state index < -0.39 is 5.97 Å². The Kier molecular flexibility index (Phi) is 7.18. The third-order valence-electron chi connectivity index (χ3n) is 4.81. The number of rotatable bonds is 8. The number of allylic oxidation sites excluding steroid dienone is 2. The van der Waals surface area contributed by atoms with E-state index in [4.69, 9.17) is 9.84 Å². The average molecular weight is 316 g/mol. The number of hydrogen-bond donors (Lipinski definition) is 1. The highest BCUT2D eigenvalue weighted by Crippen LogP contribution is 2.42. The van der Waals surface area contributed by atoms with Crippen LogP contribution in [0.25, 0.3) is 0 Å². The second-order valence-corrected chi connectivity index (χ2v) is 6.39. The Morgan fingerprint density at radius 1 is 1.26 bits per heavy atom. The number of carboxylic acid groups (broad SMARTS) is 1. The molecule has 3 nitrogen and oxygen atoms in total. The van der Waals surface area contributed by atoms with Crippen LogP contribution in [0.15, 0.2) is 36.4 Å². The molecule has 0 radical (unpaired) electrons. The summed E-state index contributed by atoms with van der Waals surface area (Å²) in [6.07, 6.45) is 12.4. The minimum atomic E-state index is -0.707. The van der Waals surface area contributed by atoms with Crippen LogP contribution in [0.4, 0.5) is 0 Å². The average Bonchev–Trinajstić information content (AvgIpc) is 2.58. The van der Waals surface area contributed by atoms with Crippen molar-refractivity contribution in [3.8, 4) is 5.75 Å². The van der Waals surface area contributed by atoms with E-state index in [1.807, 2.05) is 6.07 Å². The van der Waals surface area contributed by atoms with Crippen molar-refractivity contribution < 1.29 is 14.6 Å². The van der Waals surface area contributed by atoms with Crippen LogP contribution in [0.5, 0.6) is 5.75 Å². The molecule has 0 heterocycles. The van der Waals surface area contributed by atoms with E-state index in [9.17, 15) is 4.79 Å². The van der Waals surface area contributed by atoms with Gasteiger partial charge in [-0.25, -0.2) is 0 Å². The summed E-state index contributed by atoms with van der Waals surface area (Å²) in [5.41, 5.74) is 1.35. The van der Waals surface area contributed by atoms with E-state index in [1.165, 1.54) is 31.2 Å². The van der Waals surface area contributed by atoms with Crippen LogP contribution in [0, 0.1) is 5.92 Å². The van der Waals surface area contributed by atoms with Gasteiger partial charge in [-0.3, -0.25) is 4.79 Å². The molecule has 126 valence electrons. The third kappa shape index (κ3) is 5.42. The summed E-state index contributed by atoms with van der Waals surface area (Å²) in [7, 11) is 1.75. The molecule has 0 spiro atoms. The fourth-order valence-corrected chi connectivity index (χ4v) is 3.63. The molecule has 0 unspecified atom stereocenters. The Balaban J connectivity index is 1.93. The molecule has 1 aliphatic carbocycles. The van der Waals surface area contributed by atoms with Gasteiger partial charge in [-0.15, -0.1) is 0 Å². The number of para-hydroxylation sites is 1. The van der Waals surface area contributed by atoms with Crippen LogP contribution in [0.2, 0.25) is 0 Å². The lowest BCUT2D eigenvalue weighted by molar-refractivity contribution is -0.137. The molecule has 1 fully saturated rings. The zero-order chi connectivity index (χ0) is 16.5. The molecule has 0 bridgehead atoms. The van der Waals surface area contributed by atoms with Gasteiger partial charge in [0.15, 0.2) is 0 Å². The normalized spacial score (nSPS) is 21.4. The number of benzene rings is 1. The molecule has 3 heteroatoms. The van der Waals surface area contributed by atoms with Gasteiger partial charge in [-0.05, 0) is 55.6 Å². The van der Waals surface area contributed by atoms with E-state index in [0.29, 0.717) is 11.8 Å². The van der Waals surface area contributed by atoms with Crippen molar-refractivity contribution in [2.75, 3.05) is 7.11 Å². The van der Waals surface area contributed by atoms with Gasteiger partial charge >= 0.3 is 5.97 Å². The summed E-state index contributed by atoms with van der Waals surface area (Å²) in [5.74, 6) is 1.54.